The van der Waals surface area contributed by atoms with Crippen molar-refractivity contribution in [3.63, 3.8) is 0 Å². The molecule has 0 aliphatic heterocycles. The molecular weight excluding hydrogens is 263 g/mol. The Labute approximate surface area is 124 Å². The Bertz CT molecular complexity index is 774. The molecule has 108 valence electrons. The molecule has 1 aromatic heterocycles. The number of halogens is 1. The zero-order valence-electron chi connectivity index (χ0n) is 12.4. The molecule has 0 bridgehead atoms. The maximum atomic E-state index is 13.4. The van der Waals surface area contributed by atoms with Crippen LogP contribution in [0.1, 0.15) is 16.7 Å². The van der Waals surface area contributed by atoms with Gasteiger partial charge in [-0.15, -0.1) is 0 Å². The monoisotopic (exact) mass is 282 g/mol. The van der Waals surface area contributed by atoms with E-state index in [2.05, 4.69) is 40.3 Å². The molecule has 0 atom stereocenters. The van der Waals surface area contributed by atoms with Crippen molar-refractivity contribution >= 4 is 10.9 Å². The Morgan fingerprint density at radius 2 is 1.95 bits per heavy atom. The zero-order chi connectivity index (χ0) is 14.8. The summed E-state index contributed by atoms with van der Waals surface area (Å²) in [5.74, 6) is -0.177. The maximum absolute atomic E-state index is 13.4. The Morgan fingerprint density at radius 1 is 1.10 bits per heavy atom. The van der Waals surface area contributed by atoms with Gasteiger partial charge in [0.1, 0.15) is 5.82 Å². The van der Waals surface area contributed by atoms with E-state index >= 15 is 0 Å². The summed E-state index contributed by atoms with van der Waals surface area (Å²) in [5.41, 5.74) is 4.58. The summed E-state index contributed by atoms with van der Waals surface area (Å²) < 4.78 is 15.6. The van der Waals surface area contributed by atoms with Crippen LogP contribution in [0.15, 0.2) is 48.7 Å². The van der Waals surface area contributed by atoms with Gasteiger partial charge in [-0.25, -0.2) is 4.39 Å². The van der Waals surface area contributed by atoms with Crippen molar-refractivity contribution in [1.82, 2.24) is 9.88 Å². The Balaban J connectivity index is 1.96. The minimum absolute atomic E-state index is 0.177. The molecule has 0 saturated carbocycles. The predicted octanol–water partition coefficient (Wildman–Crippen LogP) is 3.86. The summed E-state index contributed by atoms with van der Waals surface area (Å²) in [6.07, 6.45) is 2.07. The van der Waals surface area contributed by atoms with Crippen LogP contribution < -0.4 is 5.32 Å². The van der Waals surface area contributed by atoms with Crippen molar-refractivity contribution in [2.45, 2.75) is 20.0 Å². The average molecular weight is 282 g/mol. The average Bonchev–Trinajstić information content (AvgIpc) is 2.86. The van der Waals surface area contributed by atoms with E-state index in [0.717, 1.165) is 17.7 Å². The van der Waals surface area contributed by atoms with Crippen LogP contribution in [0.2, 0.25) is 0 Å². The summed E-state index contributed by atoms with van der Waals surface area (Å²) in [6.45, 7) is 3.58. The maximum Gasteiger partial charge on any atom is 0.123 e. The predicted molar refractivity (Wildman–Crippen MR) is 84.9 cm³/mol. The normalized spacial score (nSPS) is 11.2. The first-order valence-electron chi connectivity index (χ1n) is 7.15. The van der Waals surface area contributed by atoms with E-state index in [1.165, 1.54) is 22.5 Å². The van der Waals surface area contributed by atoms with Crippen molar-refractivity contribution in [2.75, 3.05) is 7.05 Å². The van der Waals surface area contributed by atoms with Crippen LogP contribution in [0.4, 0.5) is 4.39 Å². The fourth-order valence-electron chi connectivity index (χ4n) is 2.70. The van der Waals surface area contributed by atoms with Crippen molar-refractivity contribution in [3.8, 4) is 0 Å². The van der Waals surface area contributed by atoms with Gasteiger partial charge in [-0.05, 0) is 66.4 Å². The molecular formula is C18H19FN2. The van der Waals surface area contributed by atoms with Crippen molar-refractivity contribution in [2.24, 2.45) is 0 Å². The van der Waals surface area contributed by atoms with Gasteiger partial charge in [0.05, 0.1) is 0 Å². The van der Waals surface area contributed by atoms with Gasteiger partial charge in [-0.1, -0.05) is 12.1 Å². The molecule has 2 nitrogen and oxygen atoms in total. The standard InChI is InChI=1S/C18H19FN2/c1-13-3-5-17(19)10-16(13)12-21-8-7-15-9-14(11-20-2)4-6-18(15)21/h3-10,20H,11-12H2,1-2H3. The number of fused-ring (bicyclic) bond motifs is 1. The fraction of sp³-hybridized carbons (Fsp3) is 0.222. The number of rotatable bonds is 4. The van der Waals surface area contributed by atoms with Gasteiger partial charge in [0.2, 0.25) is 0 Å². The SMILES string of the molecule is CNCc1ccc2c(ccn2Cc2cc(F)ccc2C)c1. The quantitative estimate of drug-likeness (QED) is 0.769. The molecule has 0 aliphatic rings. The minimum atomic E-state index is -0.177. The zero-order valence-corrected chi connectivity index (χ0v) is 12.4. The van der Waals surface area contributed by atoms with E-state index in [0.29, 0.717) is 6.54 Å². The van der Waals surface area contributed by atoms with Gasteiger partial charge in [0, 0.05) is 24.8 Å². The minimum Gasteiger partial charge on any atom is -0.343 e. The molecule has 0 radical (unpaired) electrons. The van der Waals surface area contributed by atoms with Crippen LogP contribution >= 0.6 is 0 Å². The second-order valence-electron chi connectivity index (χ2n) is 5.44. The van der Waals surface area contributed by atoms with Gasteiger partial charge in [-0.3, -0.25) is 0 Å². The summed E-state index contributed by atoms with van der Waals surface area (Å²) in [5, 5.41) is 4.38. The third kappa shape index (κ3) is 2.83. The highest BCUT2D eigenvalue weighted by atomic mass is 19.1. The van der Waals surface area contributed by atoms with Crippen LogP contribution in [-0.2, 0) is 13.1 Å². The first-order chi connectivity index (χ1) is 10.2. The Kier molecular flexibility index (Phi) is 3.76. The van der Waals surface area contributed by atoms with Crippen molar-refractivity contribution in [3.05, 3.63) is 71.2 Å². The fourth-order valence-corrected chi connectivity index (χ4v) is 2.70. The third-order valence-corrected chi connectivity index (χ3v) is 3.87. The lowest BCUT2D eigenvalue weighted by Gasteiger charge is -2.09. The Morgan fingerprint density at radius 3 is 2.76 bits per heavy atom. The number of benzene rings is 2. The molecule has 0 fully saturated rings. The molecule has 0 saturated heterocycles. The van der Waals surface area contributed by atoms with Crippen LogP contribution in [0.5, 0.6) is 0 Å². The second-order valence-corrected chi connectivity index (χ2v) is 5.44. The van der Waals surface area contributed by atoms with E-state index < -0.39 is 0 Å². The van der Waals surface area contributed by atoms with E-state index in [9.17, 15) is 4.39 Å². The molecule has 21 heavy (non-hydrogen) atoms. The molecule has 3 heteroatoms. The number of aryl methyl sites for hydroxylation is 1. The lowest BCUT2D eigenvalue weighted by molar-refractivity contribution is 0.623. The van der Waals surface area contributed by atoms with E-state index in [4.69, 9.17) is 0 Å². The van der Waals surface area contributed by atoms with Crippen LogP contribution in [-0.4, -0.2) is 11.6 Å². The largest absolute Gasteiger partial charge is 0.343 e. The number of hydrogen-bond acceptors (Lipinski definition) is 1. The van der Waals surface area contributed by atoms with E-state index in [1.54, 1.807) is 6.07 Å². The van der Waals surface area contributed by atoms with Gasteiger partial charge < -0.3 is 9.88 Å². The summed E-state index contributed by atoms with van der Waals surface area (Å²) >= 11 is 0. The summed E-state index contributed by atoms with van der Waals surface area (Å²) in [4.78, 5) is 0. The van der Waals surface area contributed by atoms with Gasteiger partial charge in [-0.2, -0.15) is 0 Å². The van der Waals surface area contributed by atoms with Crippen molar-refractivity contribution < 1.29 is 4.39 Å². The molecule has 1 N–H and O–H groups in total. The molecule has 2 aromatic carbocycles. The van der Waals surface area contributed by atoms with E-state index in [-0.39, 0.29) is 5.82 Å². The van der Waals surface area contributed by atoms with Crippen LogP contribution in [0.25, 0.3) is 10.9 Å². The molecule has 0 unspecified atom stereocenters. The number of aromatic nitrogens is 1. The molecule has 1 heterocycles. The highest BCUT2D eigenvalue weighted by molar-refractivity contribution is 5.81. The topological polar surface area (TPSA) is 17.0 Å². The molecule has 0 spiro atoms. The molecule has 0 aliphatic carbocycles. The van der Waals surface area contributed by atoms with Gasteiger partial charge in [0.25, 0.3) is 0 Å². The van der Waals surface area contributed by atoms with Crippen LogP contribution in [0, 0.1) is 12.7 Å². The number of nitrogens with one attached hydrogen (secondary N) is 1. The number of nitrogens with zero attached hydrogens (tertiary/aromatic N) is 1. The second kappa shape index (κ2) is 5.70. The first-order valence-corrected chi connectivity index (χ1v) is 7.15. The highest BCUT2D eigenvalue weighted by Gasteiger charge is 2.06. The highest BCUT2D eigenvalue weighted by Crippen LogP contribution is 2.20. The van der Waals surface area contributed by atoms with E-state index in [1.807, 2.05) is 20.0 Å². The first kappa shape index (κ1) is 13.8. The van der Waals surface area contributed by atoms with Crippen LogP contribution in [0.3, 0.4) is 0 Å². The molecule has 0 amide bonds. The Hall–Kier alpha value is -2.13. The van der Waals surface area contributed by atoms with Gasteiger partial charge in [0.15, 0.2) is 0 Å². The van der Waals surface area contributed by atoms with Gasteiger partial charge >= 0.3 is 0 Å². The lowest BCUT2D eigenvalue weighted by atomic mass is 10.1. The molecule has 3 aromatic rings. The molecule has 3 rings (SSSR count). The lowest BCUT2D eigenvalue weighted by Crippen LogP contribution is -2.05. The smallest absolute Gasteiger partial charge is 0.123 e. The third-order valence-electron chi connectivity index (χ3n) is 3.87. The van der Waals surface area contributed by atoms with Crippen molar-refractivity contribution in [1.29, 1.82) is 0 Å². The summed E-state index contributed by atoms with van der Waals surface area (Å²) in [6, 6.07) is 13.5. The number of hydrogen-bond donors (Lipinski definition) is 1. The summed E-state index contributed by atoms with van der Waals surface area (Å²) in [7, 11) is 1.95.